The molecule has 0 radical (unpaired) electrons. The molecular formula is C17H19N5O3S. The summed E-state index contributed by atoms with van der Waals surface area (Å²) in [7, 11) is 4.98. The number of thiazole rings is 1. The van der Waals surface area contributed by atoms with Gasteiger partial charge in [-0.1, -0.05) is 6.07 Å². The highest BCUT2D eigenvalue weighted by atomic mass is 32.1. The maximum Gasteiger partial charge on any atom is 0.271 e. The van der Waals surface area contributed by atoms with Crippen LogP contribution in [0.1, 0.15) is 29.3 Å². The Kier molecular flexibility index (Phi) is 5.17. The van der Waals surface area contributed by atoms with Gasteiger partial charge in [0.05, 0.1) is 25.8 Å². The fourth-order valence-electron chi connectivity index (χ4n) is 2.58. The first-order valence-electron chi connectivity index (χ1n) is 7.86. The van der Waals surface area contributed by atoms with Gasteiger partial charge in [-0.3, -0.25) is 4.79 Å². The SMILES string of the molecule is COc1cccc(-c2nc(C(=O)NC(C)c3nncn3C)cs2)c1OC. The number of nitrogens with one attached hydrogen (secondary N) is 1. The van der Waals surface area contributed by atoms with Crippen LogP contribution < -0.4 is 14.8 Å². The molecule has 1 atom stereocenters. The fraction of sp³-hybridized carbons (Fsp3) is 0.294. The van der Waals surface area contributed by atoms with Crippen molar-refractivity contribution >= 4 is 17.2 Å². The molecule has 9 heteroatoms. The molecule has 0 fully saturated rings. The van der Waals surface area contributed by atoms with Gasteiger partial charge in [0.15, 0.2) is 17.3 Å². The predicted octanol–water partition coefficient (Wildman–Crippen LogP) is 2.45. The zero-order valence-corrected chi connectivity index (χ0v) is 15.7. The zero-order chi connectivity index (χ0) is 18.7. The molecule has 3 rings (SSSR count). The van der Waals surface area contributed by atoms with Crippen LogP contribution in [0.25, 0.3) is 10.6 Å². The molecule has 0 spiro atoms. The van der Waals surface area contributed by atoms with E-state index in [1.807, 2.05) is 32.2 Å². The Morgan fingerprint density at radius 1 is 1.31 bits per heavy atom. The van der Waals surface area contributed by atoms with Crippen molar-refractivity contribution in [1.82, 2.24) is 25.1 Å². The van der Waals surface area contributed by atoms with Crippen LogP contribution in [0.5, 0.6) is 11.5 Å². The lowest BCUT2D eigenvalue weighted by Crippen LogP contribution is -2.28. The van der Waals surface area contributed by atoms with E-state index in [-0.39, 0.29) is 11.9 Å². The molecule has 2 heterocycles. The number of aryl methyl sites for hydroxylation is 1. The number of methoxy groups -OCH3 is 2. The Balaban J connectivity index is 1.82. The number of aromatic nitrogens is 4. The number of ether oxygens (including phenoxy) is 2. The van der Waals surface area contributed by atoms with Crippen molar-refractivity contribution < 1.29 is 14.3 Å². The minimum atomic E-state index is -0.286. The second-order valence-electron chi connectivity index (χ2n) is 5.57. The van der Waals surface area contributed by atoms with Crippen LogP contribution in [0.2, 0.25) is 0 Å². The highest BCUT2D eigenvalue weighted by molar-refractivity contribution is 7.13. The normalized spacial score (nSPS) is 11.8. The summed E-state index contributed by atoms with van der Waals surface area (Å²) in [6, 6.07) is 5.26. The van der Waals surface area contributed by atoms with Gasteiger partial charge < -0.3 is 19.4 Å². The number of para-hydroxylation sites is 1. The molecule has 1 N–H and O–H groups in total. The van der Waals surface area contributed by atoms with E-state index < -0.39 is 0 Å². The molecule has 0 aliphatic carbocycles. The molecule has 1 unspecified atom stereocenters. The molecule has 26 heavy (non-hydrogen) atoms. The molecule has 3 aromatic rings. The smallest absolute Gasteiger partial charge is 0.271 e. The molecule has 136 valence electrons. The van der Waals surface area contributed by atoms with Gasteiger partial charge in [-0.2, -0.15) is 0 Å². The van der Waals surface area contributed by atoms with Crippen molar-refractivity contribution in [3.05, 3.63) is 41.4 Å². The Morgan fingerprint density at radius 2 is 2.12 bits per heavy atom. The third-order valence-electron chi connectivity index (χ3n) is 3.85. The molecule has 0 aliphatic rings. The summed E-state index contributed by atoms with van der Waals surface area (Å²) in [6.07, 6.45) is 1.59. The largest absolute Gasteiger partial charge is 0.493 e. The van der Waals surface area contributed by atoms with Crippen LogP contribution in [-0.4, -0.2) is 39.9 Å². The van der Waals surface area contributed by atoms with E-state index in [1.54, 1.807) is 30.5 Å². The Labute approximate surface area is 154 Å². The first-order valence-corrected chi connectivity index (χ1v) is 8.74. The third kappa shape index (κ3) is 3.38. The van der Waals surface area contributed by atoms with E-state index in [1.165, 1.54) is 11.3 Å². The molecule has 8 nitrogen and oxygen atoms in total. The summed E-state index contributed by atoms with van der Waals surface area (Å²) < 4.78 is 12.5. The minimum absolute atomic E-state index is 0.273. The number of rotatable bonds is 6. The second-order valence-corrected chi connectivity index (χ2v) is 6.43. The standard InChI is InChI=1S/C17H19N5O3S/c1-10(15-21-18-9-22(15)2)19-16(23)12-8-26-17(20-12)11-6-5-7-13(24-3)14(11)25-4/h5-10H,1-4H3,(H,19,23). The van der Waals surface area contributed by atoms with Gasteiger partial charge >= 0.3 is 0 Å². The summed E-state index contributed by atoms with van der Waals surface area (Å²) in [5, 5.41) is 13.1. The van der Waals surface area contributed by atoms with E-state index in [4.69, 9.17) is 9.47 Å². The summed E-state index contributed by atoms with van der Waals surface area (Å²) >= 11 is 1.37. The molecule has 0 bridgehead atoms. The number of benzene rings is 1. The second kappa shape index (κ2) is 7.52. The van der Waals surface area contributed by atoms with E-state index in [2.05, 4.69) is 20.5 Å². The number of carbonyl (C=O) groups is 1. The van der Waals surface area contributed by atoms with Crippen LogP contribution in [-0.2, 0) is 7.05 Å². The van der Waals surface area contributed by atoms with Crippen LogP contribution in [0, 0.1) is 0 Å². The highest BCUT2D eigenvalue weighted by Gasteiger charge is 2.20. The highest BCUT2D eigenvalue weighted by Crippen LogP contribution is 2.38. The monoisotopic (exact) mass is 373 g/mol. The average molecular weight is 373 g/mol. The van der Waals surface area contributed by atoms with E-state index >= 15 is 0 Å². The maximum atomic E-state index is 12.5. The van der Waals surface area contributed by atoms with Crippen LogP contribution >= 0.6 is 11.3 Å². The van der Waals surface area contributed by atoms with Crippen molar-refractivity contribution in [3.8, 4) is 22.1 Å². The van der Waals surface area contributed by atoms with Gasteiger partial charge in [0.25, 0.3) is 5.91 Å². The summed E-state index contributed by atoms with van der Waals surface area (Å²) in [4.78, 5) is 17.0. The minimum Gasteiger partial charge on any atom is -0.493 e. The van der Waals surface area contributed by atoms with Crippen LogP contribution in [0.4, 0.5) is 0 Å². The number of amides is 1. The summed E-state index contributed by atoms with van der Waals surface area (Å²) in [5.41, 5.74) is 1.11. The summed E-state index contributed by atoms with van der Waals surface area (Å²) in [6.45, 7) is 1.85. The summed E-state index contributed by atoms with van der Waals surface area (Å²) in [5.74, 6) is 1.60. The zero-order valence-electron chi connectivity index (χ0n) is 14.9. The van der Waals surface area contributed by atoms with Gasteiger partial charge in [0.2, 0.25) is 0 Å². The van der Waals surface area contributed by atoms with Gasteiger partial charge in [-0.05, 0) is 19.1 Å². The number of hydrogen-bond donors (Lipinski definition) is 1. The van der Waals surface area contributed by atoms with E-state index in [0.717, 1.165) is 5.56 Å². The molecule has 0 saturated heterocycles. The first kappa shape index (κ1) is 17.9. The fourth-order valence-corrected chi connectivity index (χ4v) is 3.40. The molecule has 0 saturated carbocycles. The van der Waals surface area contributed by atoms with Gasteiger partial charge in [-0.15, -0.1) is 21.5 Å². The predicted molar refractivity (Wildman–Crippen MR) is 97.5 cm³/mol. The molecule has 0 aliphatic heterocycles. The van der Waals surface area contributed by atoms with E-state index in [9.17, 15) is 4.79 Å². The molecule has 1 amide bonds. The van der Waals surface area contributed by atoms with Crippen molar-refractivity contribution in [2.45, 2.75) is 13.0 Å². The lowest BCUT2D eigenvalue weighted by Gasteiger charge is -2.12. The van der Waals surface area contributed by atoms with Gasteiger partial charge in [0.1, 0.15) is 17.0 Å². The number of hydrogen-bond acceptors (Lipinski definition) is 7. The van der Waals surface area contributed by atoms with Crippen molar-refractivity contribution in [2.24, 2.45) is 7.05 Å². The molecular weight excluding hydrogens is 354 g/mol. The maximum absolute atomic E-state index is 12.5. The third-order valence-corrected chi connectivity index (χ3v) is 4.73. The van der Waals surface area contributed by atoms with Crippen molar-refractivity contribution in [1.29, 1.82) is 0 Å². The van der Waals surface area contributed by atoms with Gasteiger partial charge in [0, 0.05) is 12.4 Å². The van der Waals surface area contributed by atoms with Crippen molar-refractivity contribution in [2.75, 3.05) is 14.2 Å². The Bertz CT molecular complexity index is 921. The van der Waals surface area contributed by atoms with Crippen LogP contribution in [0.15, 0.2) is 29.9 Å². The Morgan fingerprint density at radius 3 is 2.77 bits per heavy atom. The quantitative estimate of drug-likeness (QED) is 0.714. The van der Waals surface area contributed by atoms with Crippen molar-refractivity contribution in [3.63, 3.8) is 0 Å². The van der Waals surface area contributed by atoms with Crippen LogP contribution in [0.3, 0.4) is 0 Å². The molecule has 2 aromatic heterocycles. The lowest BCUT2D eigenvalue weighted by atomic mass is 10.2. The topological polar surface area (TPSA) is 91.2 Å². The first-order chi connectivity index (χ1) is 12.5. The average Bonchev–Trinajstić information content (AvgIpc) is 3.29. The number of carbonyl (C=O) groups excluding carboxylic acids is 1. The number of nitrogens with zero attached hydrogens (tertiary/aromatic N) is 4. The lowest BCUT2D eigenvalue weighted by molar-refractivity contribution is 0.0933. The Hall–Kier alpha value is -2.94. The molecule has 1 aromatic carbocycles. The van der Waals surface area contributed by atoms with E-state index in [0.29, 0.717) is 28.0 Å². The van der Waals surface area contributed by atoms with Gasteiger partial charge in [-0.25, -0.2) is 4.98 Å².